The molecule has 6 rings (SSSR count). The van der Waals surface area contributed by atoms with Crippen LogP contribution in [0.1, 0.15) is 43.6 Å². The Morgan fingerprint density at radius 2 is 2.03 bits per heavy atom. The molecule has 0 N–H and O–H groups in total. The number of halogens is 2. The van der Waals surface area contributed by atoms with Crippen LogP contribution in [0.25, 0.3) is 22.2 Å². The van der Waals surface area contributed by atoms with E-state index in [0.717, 1.165) is 37.8 Å². The van der Waals surface area contributed by atoms with Gasteiger partial charge in [0.2, 0.25) is 0 Å². The molecule has 0 bridgehead atoms. The lowest BCUT2D eigenvalue weighted by Gasteiger charge is -2.30. The van der Waals surface area contributed by atoms with Gasteiger partial charge in [0.05, 0.1) is 5.54 Å². The molecule has 4 heterocycles. The summed E-state index contributed by atoms with van der Waals surface area (Å²) in [4.78, 5) is 15.3. The Hall–Kier alpha value is -2.91. The minimum atomic E-state index is -0.841. The Morgan fingerprint density at radius 1 is 1.17 bits per heavy atom. The van der Waals surface area contributed by atoms with Crippen molar-refractivity contribution in [2.45, 2.75) is 49.7 Å². The van der Waals surface area contributed by atoms with Crippen LogP contribution in [0.5, 0.6) is 11.8 Å². The summed E-state index contributed by atoms with van der Waals surface area (Å²) in [7, 11) is 1.55. The van der Waals surface area contributed by atoms with Gasteiger partial charge in [0.1, 0.15) is 29.7 Å². The first-order valence-corrected chi connectivity index (χ1v) is 12.2. The van der Waals surface area contributed by atoms with Gasteiger partial charge < -0.3 is 14.2 Å². The maximum absolute atomic E-state index is 15.9. The molecule has 9 heteroatoms. The van der Waals surface area contributed by atoms with E-state index >= 15 is 4.39 Å². The van der Waals surface area contributed by atoms with Crippen molar-refractivity contribution in [2.75, 3.05) is 33.6 Å². The van der Waals surface area contributed by atoms with Crippen LogP contribution >= 0.6 is 0 Å². The third kappa shape index (κ3) is 4.21. The fraction of sp³-hybridized carbons (Fsp3) is 0.500. The van der Waals surface area contributed by atoms with Crippen LogP contribution in [0.3, 0.4) is 0 Å². The zero-order chi connectivity index (χ0) is 24.0. The standard InChI is InChI=1S/C26H28F2N4O3/c1-33-15-35-19-5-6-20(16-3-4-16)21(9-19)24-22(28)23-17(11-29-24)12-30-25(31-23)34-14-26-7-2-8-32(26)13-18(27)10-26/h5-6,9,11-12,16,18H,2-4,7-8,10,13-15H2,1H3/t18-,26+/m1/s1. The van der Waals surface area contributed by atoms with Crippen LogP contribution < -0.4 is 9.47 Å². The zero-order valence-electron chi connectivity index (χ0n) is 19.7. The minimum absolute atomic E-state index is 0.0941. The minimum Gasteiger partial charge on any atom is -0.468 e. The molecule has 2 aliphatic heterocycles. The third-order valence-corrected chi connectivity index (χ3v) is 7.41. The van der Waals surface area contributed by atoms with E-state index in [4.69, 9.17) is 14.2 Å². The molecule has 0 unspecified atom stereocenters. The number of hydrogen-bond donors (Lipinski definition) is 0. The number of rotatable bonds is 8. The van der Waals surface area contributed by atoms with Crippen LogP contribution in [0.15, 0.2) is 30.6 Å². The number of alkyl halides is 1. The zero-order valence-corrected chi connectivity index (χ0v) is 19.7. The van der Waals surface area contributed by atoms with Gasteiger partial charge >= 0.3 is 6.01 Å². The fourth-order valence-corrected chi connectivity index (χ4v) is 5.56. The molecule has 1 saturated carbocycles. The van der Waals surface area contributed by atoms with E-state index in [1.165, 1.54) is 6.20 Å². The highest BCUT2D eigenvalue weighted by Crippen LogP contribution is 2.46. The molecule has 2 saturated heterocycles. The Kier molecular flexibility index (Phi) is 5.76. The number of benzene rings is 1. The molecule has 7 nitrogen and oxygen atoms in total. The van der Waals surface area contributed by atoms with Gasteiger partial charge in [0.15, 0.2) is 12.6 Å². The maximum Gasteiger partial charge on any atom is 0.317 e. The van der Waals surface area contributed by atoms with Crippen LogP contribution in [-0.2, 0) is 4.74 Å². The maximum atomic E-state index is 15.9. The van der Waals surface area contributed by atoms with Gasteiger partial charge in [0.25, 0.3) is 0 Å². The van der Waals surface area contributed by atoms with Gasteiger partial charge in [-0.05, 0) is 55.8 Å². The van der Waals surface area contributed by atoms with Crippen molar-refractivity contribution in [1.29, 1.82) is 0 Å². The van der Waals surface area contributed by atoms with Gasteiger partial charge in [-0.15, -0.1) is 0 Å². The molecule has 0 radical (unpaired) electrons. The number of nitrogens with zero attached hydrogens (tertiary/aromatic N) is 4. The molecular formula is C26H28F2N4O3. The number of fused-ring (bicyclic) bond motifs is 2. The lowest BCUT2D eigenvalue weighted by molar-refractivity contribution is 0.0511. The average molecular weight is 483 g/mol. The Bertz CT molecular complexity index is 1250. The molecule has 0 spiro atoms. The molecule has 0 amide bonds. The number of pyridine rings is 1. The molecule has 1 aliphatic carbocycles. The second-order valence-electron chi connectivity index (χ2n) is 9.82. The summed E-state index contributed by atoms with van der Waals surface area (Å²) in [5.41, 5.74) is 1.81. The summed E-state index contributed by atoms with van der Waals surface area (Å²) >= 11 is 0. The largest absolute Gasteiger partial charge is 0.468 e. The van der Waals surface area contributed by atoms with E-state index in [9.17, 15) is 4.39 Å². The summed E-state index contributed by atoms with van der Waals surface area (Å²) in [6.07, 6.45) is 6.76. The van der Waals surface area contributed by atoms with Crippen LogP contribution in [0.4, 0.5) is 8.78 Å². The second-order valence-corrected chi connectivity index (χ2v) is 9.82. The monoisotopic (exact) mass is 482 g/mol. The number of methoxy groups -OCH3 is 1. The van der Waals surface area contributed by atoms with E-state index < -0.39 is 12.0 Å². The van der Waals surface area contributed by atoms with Gasteiger partial charge in [-0.3, -0.25) is 9.88 Å². The second kappa shape index (κ2) is 8.95. The van der Waals surface area contributed by atoms with Crippen molar-refractivity contribution < 1.29 is 23.0 Å². The summed E-state index contributed by atoms with van der Waals surface area (Å²) in [6.45, 7) is 1.72. The first-order valence-electron chi connectivity index (χ1n) is 12.2. The molecule has 3 aromatic rings. The van der Waals surface area contributed by atoms with Crippen LogP contribution in [-0.4, -0.2) is 65.2 Å². The normalized spacial score (nSPS) is 24.1. The number of aromatic nitrogens is 3. The Balaban J connectivity index is 1.32. The van der Waals surface area contributed by atoms with Gasteiger partial charge in [-0.1, -0.05) is 6.07 Å². The highest BCUT2D eigenvalue weighted by Gasteiger charge is 2.49. The van der Waals surface area contributed by atoms with E-state index in [1.807, 2.05) is 18.2 Å². The molecule has 35 heavy (non-hydrogen) atoms. The van der Waals surface area contributed by atoms with E-state index in [1.54, 1.807) is 13.3 Å². The summed E-state index contributed by atoms with van der Waals surface area (Å²) in [5.74, 6) is 0.454. The first kappa shape index (κ1) is 22.5. The molecule has 2 aromatic heterocycles. The quantitative estimate of drug-likeness (QED) is 0.433. The predicted molar refractivity (Wildman–Crippen MR) is 126 cm³/mol. The predicted octanol–water partition coefficient (Wildman–Crippen LogP) is 4.65. The lowest BCUT2D eigenvalue weighted by atomic mass is 9.95. The van der Waals surface area contributed by atoms with E-state index in [0.29, 0.717) is 42.2 Å². The summed E-state index contributed by atoms with van der Waals surface area (Å²) in [5, 5.41) is 0.490. The molecule has 2 atom stereocenters. The molecule has 1 aromatic carbocycles. The Labute approximate surface area is 202 Å². The summed E-state index contributed by atoms with van der Waals surface area (Å²) < 4.78 is 46.5. The van der Waals surface area contributed by atoms with Crippen molar-refractivity contribution in [1.82, 2.24) is 19.9 Å². The molecule has 3 aliphatic rings. The van der Waals surface area contributed by atoms with E-state index in [2.05, 4.69) is 19.9 Å². The van der Waals surface area contributed by atoms with Crippen molar-refractivity contribution in [2.24, 2.45) is 0 Å². The van der Waals surface area contributed by atoms with Gasteiger partial charge in [-0.25, -0.2) is 13.8 Å². The van der Waals surface area contributed by atoms with Crippen molar-refractivity contribution in [3.63, 3.8) is 0 Å². The fourth-order valence-electron chi connectivity index (χ4n) is 5.56. The number of hydrogen-bond acceptors (Lipinski definition) is 7. The van der Waals surface area contributed by atoms with Crippen LogP contribution in [0.2, 0.25) is 0 Å². The first-order chi connectivity index (χ1) is 17.1. The molecular weight excluding hydrogens is 454 g/mol. The van der Waals surface area contributed by atoms with Gasteiger partial charge in [-0.2, -0.15) is 4.98 Å². The van der Waals surface area contributed by atoms with Crippen LogP contribution in [0, 0.1) is 5.82 Å². The highest BCUT2D eigenvalue weighted by molar-refractivity contribution is 5.83. The molecule has 184 valence electrons. The topological polar surface area (TPSA) is 69.6 Å². The van der Waals surface area contributed by atoms with Crippen molar-refractivity contribution in [3.05, 3.63) is 42.0 Å². The lowest BCUT2D eigenvalue weighted by Crippen LogP contribution is -2.43. The van der Waals surface area contributed by atoms with Crippen molar-refractivity contribution in [3.8, 4) is 23.0 Å². The SMILES string of the molecule is COCOc1ccc(C2CC2)c(-c2ncc3cnc(OC[C@@]45CCCN4C[C@H](F)C5)nc3c2F)c1. The average Bonchev–Trinajstić information content (AvgIpc) is 3.56. The smallest absolute Gasteiger partial charge is 0.317 e. The van der Waals surface area contributed by atoms with Gasteiger partial charge in [0, 0.05) is 43.4 Å². The van der Waals surface area contributed by atoms with E-state index in [-0.39, 0.29) is 29.6 Å². The molecule has 3 fully saturated rings. The third-order valence-electron chi connectivity index (χ3n) is 7.41. The number of ether oxygens (including phenoxy) is 3. The van der Waals surface area contributed by atoms with Crippen molar-refractivity contribution >= 4 is 10.9 Å². The highest BCUT2D eigenvalue weighted by atomic mass is 19.1. The summed E-state index contributed by atoms with van der Waals surface area (Å²) in [6, 6.07) is 5.75. The Morgan fingerprint density at radius 3 is 2.86 bits per heavy atom.